The SMILES string of the molecule is CNC(=O)C(C)CN(C)Cc1cc(C(F)(F)F)ccc1F. The molecule has 1 rings (SSSR count). The topological polar surface area (TPSA) is 32.3 Å². The maximum absolute atomic E-state index is 13.6. The summed E-state index contributed by atoms with van der Waals surface area (Å²) in [6, 6.07) is 2.33. The van der Waals surface area contributed by atoms with Gasteiger partial charge in [-0.3, -0.25) is 4.79 Å². The smallest absolute Gasteiger partial charge is 0.359 e. The number of rotatable bonds is 5. The van der Waals surface area contributed by atoms with E-state index in [0.717, 1.165) is 12.1 Å². The van der Waals surface area contributed by atoms with Crippen LogP contribution in [-0.2, 0) is 17.5 Å². The third-order valence-electron chi connectivity index (χ3n) is 3.09. The molecule has 0 bridgehead atoms. The first-order valence-electron chi connectivity index (χ1n) is 6.41. The molecule has 1 amide bonds. The summed E-state index contributed by atoms with van der Waals surface area (Å²) in [6.07, 6.45) is -4.50. The van der Waals surface area contributed by atoms with Crippen LogP contribution in [0.15, 0.2) is 18.2 Å². The third kappa shape index (κ3) is 5.00. The Hall–Kier alpha value is -1.63. The van der Waals surface area contributed by atoms with Crippen LogP contribution < -0.4 is 5.32 Å². The number of nitrogens with zero attached hydrogens (tertiary/aromatic N) is 1. The van der Waals surface area contributed by atoms with Gasteiger partial charge in [-0.2, -0.15) is 13.2 Å². The molecular weight excluding hydrogens is 288 g/mol. The Morgan fingerprint density at radius 3 is 2.52 bits per heavy atom. The molecule has 0 fully saturated rings. The minimum absolute atomic E-state index is 0.00289. The molecule has 0 heterocycles. The van der Waals surface area contributed by atoms with E-state index in [-0.39, 0.29) is 23.9 Å². The van der Waals surface area contributed by atoms with E-state index >= 15 is 0 Å². The zero-order valence-corrected chi connectivity index (χ0v) is 12.1. The van der Waals surface area contributed by atoms with Crippen molar-refractivity contribution >= 4 is 5.91 Å². The van der Waals surface area contributed by atoms with Crippen LogP contribution in [0.1, 0.15) is 18.1 Å². The monoisotopic (exact) mass is 306 g/mol. The molecule has 118 valence electrons. The van der Waals surface area contributed by atoms with Crippen LogP contribution in [0.5, 0.6) is 0 Å². The zero-order valence-electron chi connectivity index (χ0n) is 12.1. The van der Waals surface area contributed by atoms with Crippen LogP contribution in [0.3, 0.4) is 0 Å². The number of carbonyl (C=O) groups is 1. The van der Waals surface area contributed by atoms with Gasteiger partial charge in [0.25, 0.3) is 0 Å². The van der Waals surface area contributed by atoms with Gasteiger partial charge in [0.05, 0.1) is 5.56 Å². The van der Waals surface area contributed by atoms with Gasteiger partial charge in [0.1, 0.15) is 5.82 Å². The summed E-state index contributed by atoms with van der Waals surface area (Å²) < 4.78 is 51.4. The summed E-state index contributed by atoms with van der Waals surface area (Å²) in [4.78, 5) is 13.0. The molecule has 0 saturated carbocycles. The average Bonchev–Trinajstić information content (AvgIpc) is 2.38. The lowest BCUT2D eigenvalue weighted by molar-refractivity contribution is -0.137. The summed E-state index contributed by atoms with van der Waals surface area (Å²) in [5, 5.41) is 2.49. The van der Waals surface area contributed by atoms with E-state index in [1.807, 2.05) is 0 Å². The summed E-state index contributed by atoms with van der Waals surface area (Å²) in [7, 11) is 3.13. The molecule has 1 unspecified atom stereocenters. The van der Waals surface area contributed by atoms with Gasteiger partial charge in [-0.15, -0.1) is 0 Å². The van der Waals surface area contributed by atoms with Gasteiger partial charge in [0, 0.05) is 31.6 Å². The molecule has 21 heavy (non-hydrogen) atoms. The Labute approximate surface area is 120 Å². The predicted octanol–water partition coefficient (Wildman–Crippen LogP) is 2.66. The molecule has 1 atom stereocenters. The number of hydrogen-bond acceptors (Lipinski definition) is 2. The zero-order chi connectivity index (χ0) is 16.2. The Kier molecular flexibility index (Phi) is 5.71. The van der Waals surface area contributed by atoms with Crippen molar-refractivity contribution in [3.8, 4) is 0 Å². The molecule has 0 aliphatic carbocycles. The lowest BCUT2D eigenvalue weighted by Gasteiger charge is -2.21. The van der Waals surface area contributed by atoms with E-state index in [1.54, 1.807) is 18.9 Å². The molecule has 0 spiro atoms. The minimum Gasteiger partial charge on any atom is -0.359 e. The van der Waals surface area contributed by atoms with E-state index in [2.05, 4.69) is 5.32 Å². The molecule has 0 saturated heterocycles. The van der Waals surface area contributed by atoms with Crippen molar-refractivity contribution in [1.29, 1.82) is 0 Å². The normalized spacial score (nSPS) is 13.3. The highest BCUT2D eigenvalue weighted by atomic mass is 19.4. The molecule has 0 aromatic heterocycles. The van der Waals surface area contributed by atoms with Crippen LogP contribution >= 0.6 is 0 Å². The number of hydrogen-bond donors (Lipinski definition) is 1. The van der Waals surface area contributed by atoms with Crippen molar-refractivity contribution < 1.29 is 22.4 Å². The molecule has 0 aliphatic heterocycles. The van der Waals surface area contributed by atoms with Crippen molar-refractivity contribution in [2.24, 2.45) is 5.92 Å². The predicted molar refractivity (Wildman–Crippen MR) is 71.0 cm³/mol. The van der Waals surface area contributed by atoms with E-state index in [4.69, 9.17) is 0 Å². The van der Waals surface area contributed by atoms with Crippen LogP contribution in [0.2, 0.25) is 0 Å². The summed E-state index contributed by atoms with van der Waals surface area (Å²) in [5.41, 5.74) is -0.928. The second-order valence-corrected chi connectivity index (χ2v) is 5.02. The number of halogens is 4. The number of amides is 1. The number of benzene rings is 1. The highest BCUT2D eigenvalue weighted by molar-refractivity contribution is 5.78. The van der Waals surface area contributed by atoms with Gasteiger partial charge in [0.15, 0.2) is 0 Å². The molecule has 1 N–H and O–H groups in total. The first kappa shape index (κ1) is 17.4. The summed E-state index contributed by atoms with van der Waals surface area (Å²) in [6.45, 7) is 2.00. The standard InChI is InChI=1S/C14H18F4N2O/c1-9(13(21)19-2)7-20(3)8-10-6-11(14(16,17)18)4-5-12(10)15/h4-6,9H,7-8H2,1-3H3,(H,19,21). The van der Waals surface area contributed by atoms with E-state index in [9.17, 15) is 22.4 Å². The van der Waals surface area contributed by atoms with Crippen molar-refractivity contribution in [2.75, 3.05) is 20.6 Å². The van der Waals surface area contributed by atoms with Gasteiger partial charge in [-0.05, 0) is 25.2 Å². The molecular formula is C14H18F4N2O. The number of carbonyl (C=O) groups excluding carboxylic acids is 1. The van der Waals surface area contributed by atoms with Crippen molar-refractivity contribution in [1.82, 2.24) is 10.2 Å². The first-order chi connectivity index (χ1) is 9.65. The molecule has 0 radical (unpaired) electrons. The van der Waals surface area contributed by atoms with Crippen LogP contribution in [0.4, 0.5) is 17.6 Å². The van der Waals surface area contributed by atoms with Crippen LogP contribution in [0.25, 0.3) is 0 Å². The van der Waals surface area contributed by atoms with Crippen molar-refractivity contribution in [2.45, 2.75) is 19.6 Å². The number of alkyl halides is 3. The quantitative estimate of drug-likeness (QED) is 0.848. The molecule has 3 nitrogen and oxygen atoms in total. The molecule has 7 heteroatoms. The molecule has 1 aromatic carbocycles. The Morgan fingerprint density at radius 2 is 2.00 bits per heavy atom. The fraction of sp³-hybridized carbons (Fsp3) is 0.500. The van der Waals surface area contributed by atoms with Crippen LogP contribution in [0, 0.1) is 11.7 Å². The lowest BCUT2D eigenvalue weighted by atomic mass is 10.1. The largest absolute Gasteiger partial charge is 0.416 e. The second-order valence-electron chi connectivity index (χ2n) is 5.02. The van der Waals surface area contributed by atoms with E-state index in [0.29, 0.717) is 12.6 Å². The van der Waals surface area contributed by atoms with Crippen molar-refractivity contribution in [3.05, 3.63) is 35.1 Å². The van der Waals surface area contributed by atoms with Gasteiger partial charge in [0.2, 0.25) is 5.91 Å². The summed E-state index contributed by atoms with van der Waals surface area (Å²) >= 11 is 0. The van der Waals surface area contributed by atoms with Gasteiger partial charge in [-0.1, -0.05) is 6.92 Å². The van der Waals surface area contributed by atoms with E-state index < -0.39 is 17.6 Å². The Balaban J connectivity index is 2.80. The van der Waals surface area contributed by atoms with Crippen LogP contribution in [-0.4, -0.2) is 31.4 Å². The maximum atomic E-state index is 13.6. The molecule has 1 aromatic rings. The fourth-order valence-electron chi connectivity index (χ4n) is 2.02. The lowest BCUT2D eigenvalue weighted by Crippen LogP contribution is -2.34. The highest BCUT2D eigenvalue weighted by Gasteiger charge is 2.31. The average molecular weight is 306 g/mol. The van der Waals surface area contributed by atoms with Crippen molar-refractivity contribution in [3.63, 3.8) is 0 Å². The summed E-state index contributed by atoms with van der Waals surface area (Å²) in [5.74, 6) is -1.21. The molecule has 0 aliphatic rings. The Morgan fingerprint density at radius 1 is 1.38 bits per heavy atom. The fourth-order valence-corrected chi connectivity index (χ4v) is 2.02. The maximum Gasteiger partial charge on any atom is 0.416 e. The minimum atomic E-state index is -4.50. The van der Waals surface area contributed by atoms with E-state index in [1.165, 1.54) is 7.05 Å². The van der Waals surface area contributed by atoms with Gasteiger partial charge in [-0.25, -0.2) is 4.39 Å². The Bertz CT molecular complexity index is 502. The first-order valence-corrected chi connectivity index (χ1v) is 6.41. The second kappa shape index (κ2) is 6.89. The number of nitrogens with one attached hydrogen (secondary N) is 1. The highest BCUT2D eigenvalue weighted by Crippen LogP contribution is 2.30. The van der Waals surface area contributed by atoms with Gasteiger partial charge < -0.3 is 10.2 Å². The van der Waals surface area contributed by atoms with Gasteiger partial charge >= 0.3 is 6.18 Å². The third-order valence-corrected chi connectivity index (χ3v) is 3.09.